The molecule has 106 valence electrons. The fraction of sp³-hybridized carbons (Fsp3) is 0.0714. The van der Waals surface area contributed by atoms with Crippen LogP contribution in [0.2, 0.25) is 0 Å². The van der Waals surface area contributed by atoms with Gasteiger partial charge in [0.1, 0.15) is 12.9 Å². The molecule has 7 heteroatoms. The van der Waals surface area contributed by atoms with E-state index in [1.807, 2.05) is 0 Å². The second kappa shape index (κ2) is 5.49. The molecule has 3 N–H and O–H groups in total. The summed E-state index contributed by atoms with van der Waals surface area (Å²) in [6.45, 7) is 0.261. The van der Waals surface area contributed by atoms with Crippen LogP contribution in [0.15, 0.2) is 47.6 Å². The highest BCUT2D eigenvalue weighted by atomic mass is 16.5. The van der Waals surface area contributed by atoms with E-state index in [-0.39, 0.29) is 12.4 Å². The molecule has 0 spiro atoms. The lowest BCUT2D eigenvalue weighted by Crippen LogP contribution is -2.11. The number of rotatable bonds is 5. The summed E-state index contributed by atoms with van der Waals surface area (Å²) in [4.78, 5) is 22.5. The summed E-state index contributed by atoms with van der Waals surface area (Å²) in [6.07, 6.45) is 6.17. The van der Waals surface area contributed by atoms with E-state index in [0.717, 1.165) is 5.69 Å². The first-order chi connectivity index (χ1) is 10.3. The van der Waals surface area contributed by atoms with Crippen LogP contribution in [0.1, 0.15) is 16.2 Å². The zero-order valence-corrected chi connectivity index (χ0v) is 10.9. The fourth-order valence-corrected chi connectivity index (χ4v) is 1.90. The number of aromatic nitrogens is 3. The van der Waals surface area contributed by atoms with Gasteiger partial charge >= 0.3 is 0 Å². The van der Waals surface area contributed by atoms with Crippen LogP contribution in [0.3, 0.4) is 0 Å². The lowest BCUT2D eigenvalue weighted by Gasteiger charge is -2.05. The molecular formula is C14H12N4O3. The second-order valence-electron chi connectivity index (χ2n) is 4.25. The highest BCUT2D eigenvalue weighted by Gasteiger charge is 2.21. The first-order valence-electron chi connectivity index (χ1n) is 6.18. The number of furan rings is 1. The Hall–Kier alpha value is -3.09. The molecule has 3 heterocycles. The smallest absolute Gasteiger partial charge is 0.285 e. The van der Waals surface area contributed by atoms with Crippen molar-refractivity contribution in [3.8, 4) is 17.0 Å². The molecule has 0 aliphatic carbocycles. The van der Waals surface area contributed by atoms with Crippen molar-refractivity contribution in [1.29, 1.82) is 0 Å². The van der Waals surface area contributed by atoms with Crippen molar-refractivity contribution in [3.05, 3.63) is 54.6 Å². The van der Waals surface area contributed by atoms with Gasteiger partial charge in [0.25, 0.3) is 5.91 Å². The van der Waals surface area contributed by atoms with Crippen LogP contribution >= 0.6 is 0 Å². The average molecular weight is 284 g/mol. The molecule has 0 aliphatic heterocycles. The van der Waals surface area contributed by atoms with Gasteiger partial charge in [-0.15, -0.1) is 0 Å². The number of nitrogens with zero attached hydrogens (tertiary/aromatic N) is 2. The molecule has 7 nitrogen and oxygen atoms in total. The van der Waals surface area contributed by atoms with Crippen LogP contribution in [-0.2, 0) is 6.61 Å². The van der Waals surface area contributed by atoms with E-state index in [4.69, 9.17) is 14.9 Å². The largest absolute Gasteiger partial charge is 0.483 e. The van der Waals surface area contributed by atoms with Gasteiger partial charge in [-0.1, -0.05) is 6.07 Å². The van der Waals surface area contributed by atoms with Gasteiger partial charge in [0.05, 0.1) is 29.5 Å². The predicted octanol–water partition coefficient (Wildman–Crippen LogP) is 1.74. The molecule has 0 saturated carbocycles. The van der Waals surface area contributed by atoms with Crippen LogP contribution < -0.4 is 10.5 Å². The van der Waals surface area contributed by atoms with E-state index >= 15 is 0 Å². The van der Waals surface area contributed by atoms with E-state index in [2.05, 4.69) is 15.0 Å². The third-order valence-electron chi connectivity index (χ3n) is 2.84. The quantitative estimate of drug-likeness (QED) is 0.742. The Morgan fingerprint density at radius 2 is 2.33 bits per heavy atom. The normalized spacial score (nSPS) is 10.5. The Bertz CT molecular complexity index is 735. The molecule has 0 aromatic carbocycles. The van der Waals surface area contributed by atoms with Crippen LogP contribution in [-0.4, -0.2) is 20.9 Å². The number of pyridine rings is 1. The molecule has 0 atom stereocenters. The summed E-state index contributed by atoms with van der Waals surface area (Å²) in [5, 5.41) is 0. The first kappa shape index (κ1) is 12.9. The number of carbonyl (C=O) groups is 1. The Morgan fingerprint density at radius 3 is 3.00 bits per heavy atom. The van der Waals surface area contributed by atoms with Crippen molar-refractivity contribution < 1.29 is 13.9 Å². The molecule has 1 amide bonds. The van der Waals surface area contributed by atoms with E-state index < -0.39 is 5.91 Å². The SMILES string of the molecule is NC(=O)c1occ(OCc2cnc[nH]2)c1-c1ccccn1. The summed E-state index contributed by atoms with van der Waals surface area (Å²) in [5.74, 6) is -0.252. The summed E-state index contributed by atoms with van der Waals surface area (Å²) in [6, 6.07) is 5.33. The predicted molar refractivity (Wildman–Crippen MR) is 73.4 cm³/mol. The number of carbonyl (C=O) groups excluding carboxylic acids is 1. The van der Waals surface area contributed by atoms with Crippen molar-refractivity contribution in [1.82, 2.24) is 15.0 Å². The van der Waals surface area contributed by atoms with Gasteiger partial charge in [0.2, 0.25) is 5.76 Å². The molecule has 21 heavy (non-hydrogen) atoms. The van der Waals surface area contributed by atoms with E-state index in [1.165, 1.54) is 6.26 Å². The van der Waals surface area contributed by atoms with Crippen LogP contribution in [0.4, 0.5) is 0 Å². The number of ether oxygens (including phenoxy) is 1. The molecule has 0 saturated heterocycles. The lowest BCUT2D eigenvalue weighted by molar-refractivity contribution is 0.0974. The van der Waals surface area contributed by atoms with Crippen molar-refractivity contribution in [2.75, 3.05) is 0 Å². The maximum Gasteiger partial charge on any atom is 0.285 e. The minimum absolute atomic E-state index is 0.0216. The topological polar surface area (TPSA) is 107 Å². The molecule has 3 aromatic rings. The highest BCUT2D eigenvalue weighted by molar-refractivity contribution is 5.98. The van der Waals surface area contributed by atoms with Gasteiger partial charge in [-0.25, -0.2) is 4.98 Å². The molecule has 0 fully saturated rings. The van der Waals surface area contributed by atoms with Crippen LogP contribution in [0.25, 0.3) is 11.3 Å². The van der Waals surface area contributed by atoms with Crippen molar-refractivity contribution in [2.24, 2.45) is 5.73 Å². The number of imidazole rings is 1. The zero-order valence-electron chi connectivity index (χ0n) is 10.9. The fourth-order valence-electron chi connectivity index (χ4n) is 1.90. The van der Waals surface area contributed by atoms with Crippen molar-refractivity contribution in [3.63, 3.8) is 0 Å². The van der Waals surface area contributed by atoms with E-state index in [9.17, 15) is 4.79 Å². The molecule has 3 rings (SSSR count). The van der Waals surface area contributed by atoms with Crippen LogP contribution in [0, 0.1) is 0 Å². The minimum atomic E-state index is -0.674. The van der Waals surface area contributed by atoms with Gasteiger partial charge in [0.15, 0.2) is 5.75 Å². The van der Waals surface area contributed by atoms with Gasteiger partial charge in [0, 0.05) is 6.20 Å². The Morgan fingerprint density at radius 1 is 1.43 bits per heavy atom. The Kier molecular flexibility index (Phi) is 3.38. The number of nitrogens with two attached hydrogens (primary N) is 1. The van der Waals surface area contributed by atoms with Crippen molar-refractivity contribution in [2.45, 2.75) is 6.61 Å². The summed E-state index contributed by atoms with van der Waals surface area (Å²) < 4.78 is 10.9. The molecule has 3 aromatic heterocycles. The maximum atomic E-state index is 11.5. The molecular weight excluding hydrogens is 272 g/mol. The monoisotopic (exact) mass is 284 g/mol. The summed E-state index contributed by atoms with van der Waals surface area (Å²) in [7, 11) is 0. The number of primary amides is 1. The minimum Gasteiger partial charge on any atom is -0.483 e. The molecule has 0 unspecified atom stereocenters. The van der Waals surface area contributed by atoms with E-state index in [0.29, 0.717) is 17.0 Å². The lowest BCUT2D eigenvalue weighted by atomic mass is 10.1. The summed E-state index contributed by atoms with van der Waals surface area (Å²) >= 11 is 0. The number of H-pyrrole nitrogens is 1. The third kappa shape index (κ3) is 2.62. The van der Waals surface area contributed by atoms with Crippen LogP contribution in [0.5, 0.6) is 5.75 Å². The molecule has 0 radical (unpaired) electrons. The standard InChI is InChI=1S/C14H12N4O3/c15-14(19)13-12(10-3-1-2-4-17-10)11(7-21-13)20-6-9-5-16-8-18-9/h1-5,7-8H,6H2,(H2,15,19)(H,16,18). The number of hydrogen-bond donors (Lipinski definition) is 2. The summed E-state index contributed by atoms with van der Waals surface area (Å²) in [5.41, 5.74) is 7.12. The third-order valence-corrected chi connectivity index (χ3v) is 2.84. The van der Waals surface area contributed by atoms with Gasteiger partial charge < -0.3 is 19.9 Å². The van der Waals surface area contributed by atoms with E-state index in [1.54, 1.807) is 36.9 Å². The Labute approximate surface area is 119 Å². The highest BCUT2D eigenvalue weighted by Crippen LogP contribution is 2.34. The number of amides is 1. The number of nitrogens with one attached hydrogen (secondary N) is 1. The van der Waals surface area contributed by atoms with Gasteiger partial charge in [-0.3, -0.25) is 9.78 Å². The average Bonchev–Trinajstić information content (AvgIpc) is 3.15. The molecule has 0 bridgehead atoms. The van der Waals surface area contributed by atoms with Gasteiger partial charge in [-0.2, -0.15) is 0 Å². The zero-order chi connectivity index (χ0) is 14.7. The number of aromatic amines is 1. The second-order valence-corrected chi connectivity index (χ2v) is 4.25. The first-order valence-corrected chi connectivity index (χ1v) is 6.18. The maximum absolute atomic E-state index is 11.5. The van der Waals surface area contributed by atoms with Gasteiger partial charge in [-0.05, 0) is 12.1 Å². The number of hydrogen-bond acceptors (Lipinski definition) is 5. The molecule has 0 aliphatic rings. The Balaban J connectivity index is 1.95. The van der Waals surface area contributed by atoms with Crippen molar-refractivity contribution >= 4 is 5.91 Å².